The normalized spacial score (nSPS) is 26.8. The highest BCUT2D eigenvalue weighted by Crippen LogP contribution is 2.64. The maximum absolute atomic E-state index is 13.8. The summed E-state index contributed by atoms with van der Waals surface area (Å²) >= 11 is 0. The number of amides is 2. The second kappa shape index (κ2) is 6.11. The smallest absolute Gasteiger partial charge is 0.274 e. The van der Waals surface area contributed by atoms with E-state index in [1.807, 2.05) is 30.3 Å². The second-order valence-corrected chi connectivity index (χ2v) is 8.35. The van der Waals surface area contributed by atoms with E-state index in [0.29, 0.717) is 22.4 Å². The first kappa shape index (κ1) is 18.5. The van der Waals surface area contributed by atoms with Crippen LogP contribution in [0, 0.1) is 33.3 Å². The monoisotopic (exact) mass is 421 g/mol. The molecule has 0 N–H and O–H groups in total. The number of anilines is 1. The van der Waals surface area contributed by atoms with Crippen molar-refractivity contribution in [3.63, 3.8) is 0 Å². The summed E-state index contributed by atoms with van der Waals surface area (Å²) in [5, 5.41) is 21.9. The fraction of sp³-hybridized carbons (Fsp3) is 0.160. The van der Waals surface area contributed by atoms with Crippen LogP contribution in [0.4, 0.5) is 5.69 Å². The summed E-state index contributed by atoms with van der Waals surface area (Å²) in [6.07, 6.45) is 0. The summed E-state index contributed by atoms with van der Waals surface area (Å²) in [6.45, 7) is 0. The molecule has 3 aliphatic carbocycles. The fourth-order valence-electron chi connectivity index (χ4n) is 5.98. The number of carbonyl (C=O) groups is 2. The van der Waals surface area contributed by atoms with E-state index >= 15 is 0 Å². The van der Waals surface area contributed by atoms with Gasteiger partial charge in [0.05, 0.1) is 23.2 Å². The van der Waals surface area contributed by atoms with Gasteiger partial charge in [0.2, 0.25) is 11.8 Å². The standard InChI is InChI=1S/C25H15N3O4/c26-13-14-9-11-15(12-10-14)27-23(29)21-20-16-5-1-3-7-18(16)25(28(31)32,22(21)24(27)30)19-8-4-2-6-17(19)20/h1-12,20-22H/t20?,21-,22-,25?/m1/s1. The van der Waals surface area contributed by atoms with Crippen LogP contribution in [-0.2, 0) is 15.1 Å². The minimum Gasteiger partial charge on any atom is -0.274 e. The van der Waals surface area contributed by atoms with Crippen molar-refractivity contribution in [3.8, 4) is 6.07 Å². The average molecular weight is 421 g/mol. The molecule has 1 aliphatic heterocycles. The molecule has 7 heteroatoms. The Morgan fingerprint density at radius 2 is 1.44 bits per heavy atom. The average Bonchev–Trinajstić information content (AvgIpc) is 3.09. The molecule has 0 unspecified atom stereocenters. The van der Waals surface area contributed by atoms with Gasteiger partial charge in [-0.05, 0) is 35.4 Å². The van der Waals surface area contributed by atoms with Crippen LogP contribution in [0.3, 0.4) is 0 Å². The van der Waals surface area contributed by atoms with E-state index in [1.54, 1.807) is 24.3 Å². The summed E-state index contributed by atoms with van der Waals surface area (Å²) in [5.41, 5.74) is 1.31. The molecule has 0 radical (unpaired) electrons. The number of rotatable bonds is 2. The van der Waals surface area contributed by atoms with Gasteiger partial charge >= 0.3 is 0 Å². The zero-order chi connectivity index (χ0) is 22.2. The van der Waals surface area contributed by atoms with Gasteiger partial charge < -0.3 is 0 Å². The highest BCUT2D eigenvalue weighted by molar-refractivity contribution is 6.23. The molecule has 2 bridgehead atoms. The number of hydrogen-bond acceptors (Lipinski definition) is 5. The summed E-state index contributed by atoms with van der Waals surface area (Å²) < 4.78 is 0. The number of hydrogen-bond donors (Lipinski definition) is 0. The van der Waals surface area contributed by atoms with Crippen LogP contribution >= 0.6 is 0 Å². The van der Waals surface area contributed by atoms with E-state index in [9.17, 15) is 19.7 Å². The summed E-state index contributed by atoms with van der Waals surface area (Å²) in [6, 6.07) is 22.3. The topological polar surface area (TPSA) is 104 Å². The predicted octanol–water partition coefficient (Wildman–Crippen LogP) is 3.34. The zero-order valence-electron chi connectivity index (χ0n) is 16.6. The molecule has 1 heterocycles. The van der Waals surface area contributed by atoms with Crippen LogP contribution in [-0.4, -0.2) is 16.7 Å². The molecule has 0 spiro atoms. The van der Waals surface area contributed by atoms with Crippen molar-refractivity contribution in [2.75, 3.05) is 4.90 Å². The SMILES string of the molecule is N#Cc1ccc(N2C(=O)[C@@H]3C4c5ccccc5C([N+](=O)[O-])(c5ccccc54)[C@H]3C2=O)cc1. The van der Waals surface area contributed by atoms with Gasteiger partial charge in [0.15, 0.2) is 0 Å². The first-order valence-corrected chi connectivity index (χ1v) is 10.2. The summed E-state index contributed by atoms with van der Waals surface area (Å²) in [5.74, 6) is -3.46. The Morgan fingerprint density at radius 3 is 1.97 bits per heavy atom. The minimum absolute atomic E-state index is 0.319. The van der Waals surface area contributed by atoms with Crippen LogP contribution < -0.4 is 4.90 Å². The Labute approximate surface area is 182 Å². The van der Waals surface area contributed by atoms with Gasteiger partial charge in [-0.3, -0.25) is 19.7 Å². The van der Waals surface area contributed by atoms with Crippen LogP contribution in [0.5, 0.6) is 0 Å². The Bertz CT molecular complexity index is 1340. The van der Waals surface area contributed by atoms with Gasteiger partial charge in [-0.25, -0.2) is 4.90 Å². The van der Waals surface area contributed by atoms with Gasteiger partial charge in [0, 0.05) is 22.0 Å². The lowest BCUT2D eigenvalue weighted by molar-refractivity contribution is -0.578. The quantitative estimate of drug-likeness (QED) is 0.359. The van der Waals surface area contributed by atoms with Gasteiger partial charge in [0.25, 0.3) is 5.54 Å². The van der Waals surface area contributed by atoms with Gasteiger partial charge in [-0.1, -0.05) is 48.5 Å². The van der Waals surface area contributed by atoms with Crippen LogP contribution in [0.2, 0.25) is 0 Å². The third-order valence-corrected chi connectivity index (χ3v) is 7.12. The molecule has 2 atom stereocenters. The first-order valence-electron chi connectivity index (χ1n) is 10.2. The van der Waals surface area contributed by atoms with Crippen LogP contribution in [0.25, 0.3) is 0 Å². The van der Waals surface area contributed by atoms with E-state index in [4.69, 9.17) is 5.26 Å². The van der Waals surface area contributed by atoms with E-state index in [-0.39, 0.29) is 4.92 Å². The van der Waals surface area contributed by atoms with E-state index in [1.165, 1.54) is 24.3 Å². The Morgan fingerprint density at radius 1 is 0.875 bits per heavy atom. The molecule has 3 aromatic carbocycles. The van der Waals surface area contributed by atoms with Crippen molar-refractivity contribution in [2.45, 2.75) is 11.5 Å². The number of benzene rings is 3. The summed E-state index contributed by atoms with van der Waals surface area (Å²) in [4.78, 5) is 41.0. The largest absolute Gasteiger partial charge is 0.285 e. The minimum atomic E-state index is -1.83. The molecule has 1 saturated heterocycles. The molecular formula is C25H15N3O4. The number of nitro groups is 1. The molecule has 0 aromatic heterocycles. The lowest BCUT2D eigenvalue weighted by Gasteiger charge is -2.48. The predicted molar refractivity (Wildman–Crippen MR) is 113 cm³/mol. The molecular weight excluding hydrogens is 406 g/mol. The summed E-state index contributed by atoms with van der Waals surface area (Å²) in [7, 11) is 0. The Kier molecular flexibility index (Phi) is 3.52. The van der Waals surface area contributed by atoms with Gasteiger partial charge in [-0.2, -0.15) is 5.26 Å². The number of imide groups is 1. The number of carbonyl (C=O) groups excluding carboxylic acids is 2. The fourth-order valence-corrected chi connectivity index (χ4v) is 5.98. The molecule has 154 valence electrons. The lowest BCUT2D eigenvalue weighted by atomic mass is 9.51. The molecule has 1 fully saturated rings. The third kappa shape index (κ3) is 1.95. The lowest BCUT2D eigenvalue weighted by Crippen LogP contribution is -2.57. The van der Waals surface area contributed by atoms with Crippen molar-refractivity contribution in [2.24, 2.45) is 11.8 Å². The second-order valence-electron chi connectivity index (χ2n) is 8.35. The van der Waals surface area contributed by atoms with E-state index in [2.05, 4.69) is 0 Å². The van der Waals surface area contributed by atoms with Crippen molar-refractivity contribution in [1.29, 1.82) is 5.26 Å². The van der Waals surface area contributed by atoms with Crippen molar-refractivity contribution < 1.29 is 14.5 Å². The Hall–Kier alpha value is -4.31. The highest BCUT2D eigenvalue weighted by Gasteiger charge is 2.74. The molecule has 7 nitrogen and oxygen atoms in total. The maximum Gasteiger partial charge on any atom is 0.285 e. The first-order chi connectivity index (χ1) is 15.5. The molecule has 2 amide bonds. The molecule has 32 heavy (non-hydrogen) atoms. The number of nitriles is 1. The number of nitrogens with zero attached hydrogens (tertiary/aromatic N) is 3. The van der Waals surface area contributed by atoms with Crippen molar-refractivity contribution in [3.05, 3.63) is 111 Å². The Balaban J connectivity index is 1.64. The molecule has 7 rings (SSSR count). The van der Waals surface area contributed by atoms with E-state index < -0.39 is 35.1 Å². The van der Waals surface area contributed by atoms with Gasteiger partial charge in [0.1, 0.15) is 5.92 Å². The maximum atomic E-state index is 13.8. The van der Waals surface area contributed by atoms with Crippen molar-refractivity contribution in [1.82, 2.24) is 0 Å². The molecule has 0 saturated carbocycles. The molecule has 3 aromatic rings. The van der Waals surface area contributed by atoms with Gasteiger partial charge in [-0.15, -0.1) is 0 Å². The zero-order valence-corrected chi connectivity index (χ0v) is 16.6. The van der Waals surface area contributed by atoms with Crippen molar-refractivity contribution >= 4 is 17.5 Å². The third-order valence-electron chi connectivity index (χ3n) is 7.12. The van der Waals surface area contributed by atoms with Crippen LogP contribution in [0.1, 0.15) is 33.7 Å². The van der Waals surface area contributed by atoms with Crippen LogP contribution in [0.15, 0.2) is 72.8 Å². The molecule has 4 aliphatic rings. The highest BCUT2D eigenvalue weighted by atomic mass is 16.6. The van der Waals surface area contributed by atoms with E-state index in [0.717, 1.165) is 16.0 Å².